The monoisotopic (exact) mass is 401 g/mol. The summed E-state index contributed by atoms with van der Waals surface area (Å²) in [5, 5.41) is 4.53. The first-order chi connectivity index (χ1) is 12.2. The van der Waals surface area contributed by atoms with Crippen LogP contribution in [0, 0.1) is 5.92 Å². The summed E-state index contributed by atoms with van der Waals surface area (Å²) in [6, 6.07) is 1.95. The van der Waals surface area contributed by atoms with Crippen molar-refractivity contribution in [2.75, 3.05) is 13.1 Å². The van der Waals surface area contributed by atoms with Gasteiger partial charge in [0.1, 0.15) is 10.3 Å². The number of primary amides is 1. The minimum Gasteiger partial charge on any atom is -0.369 e. The summed E-state index contributed by atoms with van der Waals surface area (Å²) in [5.41, 5.74) is 5.20. The number of hydrogen-bond acceptors (Lipinski definition) is 7. The number of hydrogen-bond donors (Lipinski definition) is 2. The van der Waals surface area contributed by atoms with Crippen LogP contribution in [0.1, 0.15) is 32.6 Å². The first kappa shape index (κ1) is 20.5. The van der Waals surface area contributed by atoms with Gasteiger partial charge in [0.05, 0.1) is 6.54 Å². The number of carbonyl (C=O) groups excluding carboxylic acids is 3. The number of rotatable bonds is 7. The van der Waals surface area contributed by atoms with E-state index in [1.165, 1.54) is 6.07 Å². The molecule has 1 aromatic rings. The highest BCUT2D eigenvalue weighted by Crippen LogP contribution is 2.27. The molecule has 10 heteroatoms. The maximum Gasteiger partial charge on any atom is 0.276 e. The van der Waals surface area contributed by atoms with Crippen LogP contribution in [-0.2, 0) is 24.4 Å². The first-order valence-corrected chi connectivity index (χ1v) is 10.7. The number of ketones is 1. The van der Waals surface area contributed by atoms with E-state index in [1.54, 1.807) is 18.4 Å². The number of amides is 2. The molecule has 1 saturated heterocycles. The fourth-order valence-electron chi connectivity index (χ4n) is 2.73. The summed E-state index contributed by atoms with van der Waals surface area (Å²) in [5.74, 6) is -2.14. The lowest BCUT2D eigenvalue weighted by Crippen LogP contribution is -2.49. The first-order valence-electron chi connectivity index (χ1n) is 8.38. The average molecular weight is 402 g/mol. The minimum absolute atomic E-state index is 0.0128. The molecule has 1 aromatic heterocycles. The fraction of sp³-hybridized carbons (Fsp3) is 0.562. The van der Waals surface area contributed by atoms with E-state index in [4.69, 9.17) is 5.73 Å². The Morgan fingerprint density at radius 1 is 1.46 bits per heavy atom. The van der Waals surface area contributed by atoms with Crippen LogP contribution in [-0.4, -0.2) is 49.5 Å². The fourth-order valence-corrected chi connectivity index (χ4v) is 5.44. The van der Waals surface area contributed by atoms with Crippen LogP contribution in [0.15, 0.2) is 21.7 Å². The third-order valence-electron chi connectivity index (χ3n) is 4.32. The summed E-state index contributed by atoms with van der Waals surface area (Å²) >= 11 is 0.992. The highest BCUT2D eigenvalue weighted by Gasteiger charge is 2.39. The van der Waals surface area contributed by atoms with Crippen molar-refractivity contribution in [1.29, 1.82) is 0 Å². The number of thiophene rings is 1. The van der Waals surface area contributed by atoms with Crippen molar-refractivity contribution in [2.24, 2.45) is 11.7 Å². The number of nitrogens with two attached hydrogens (primary N) is 1. The van der Waals surface area contributed by atoms with Gasteiger partial charge in [-0.25, -0.2) is 12.7 Å². The molecule has 1 fully saturated rings. The van der Waals surface area contributed by atoms with Crippen LogP contribution in [0.5, 0.6) is 0 Å². The number of nitrogens with zero attached hydrogens (tertiary/aromatic N) is 1. The van der Waals surface area contributed by atoms with Crippen molar-refractivity contribution in [2.45, 2.75) is 42.9 Å². The molecule has 8 nitrogen and oxygen atoms in total. The van der Waals surface area contributed by atoms with Gasteiger partial charge in [-0.1, -0.05) is 13.0 Å². The van der Waals surface area contributed by atoms with Crippen LogP contribution < -0.4 is 11.1 Å². The Balaban J connectivity index is 2.33. The summed E-state index contributed by atoms with van der Waals surface area (Å²) < 4.78 is 26.8. The predicted molar refractivity (Wildman–Crippen MR) is 96.8 cm³/mol. The van der Waals surface area contributed by atoms with Crippen molar-refractivity contribution < 1.29 is 22.8 Å². The number of nitrogens with one attached hydrogen (secondary N) is 1. The van der Waals surface area contributed by atoms with E-state index in [0.717, 1.165) is 15.6 Å². The Kier molecular flexibility index (Phi) is 6.90. The van der Waals surface area contributed by atoms with E-state index in [2.05, 4.69) is 5.32 Å². The maximum atomic E-state index is 13.0. The molecule has 144 valence electrons. The number of sulfonamides is 1. The van der Waals surface area contributed by atoms with Crippen LogP contribution in [0.4, 0.5) is 0 Å². The molecule has 1 aliphatic rings. The molecule has 3 N–H and O–H groups in total. The van der Waals surface area contributed by atoms with Gasteiger partial charge in [0, 0.05) is 12.3 Å². The van der Waals surface area contributed by atoms with Crippen LogP contribution in [0.2, 0.25) is 0 Å². The van der Waals surface area contributed by atoms with Crippen molar-refractivity contribution in [3.05, 3.63) is 17.5 Å². The molecule has 0 bridgehead atoms. The van der Waals surface area contributed by atoms with E-state index in [9.17, 15) is 22.8 Å². The van der Waals surface area contributed by atoms with E-state index in [-0.39, 0.29) is 35.8 Å². The molecule has 1 unspecified atom stereocenters. The smallest absolute Gasteiger partial charge is 0.276 e. The topological polar surface area (TPSA) is 127 Å². The molecular formula is C16H23N3O5S2. The summed E-state index contributed by atoms with van der Waals surface area (Å²) in [4.78, 5) is 36.4. The Morgan fingerprint density at radius 2 is 2.19 bits per heavy atom. The normalized spacial score (nSPS) is 19.6. The second-order valence-corrected chi connectivity index (χ2v) is 9.26. The molecule has 0 saturated carbocycles. The molecule has 2 atom stereocenters. The molecule has 0 aromatic carbocycles. The van der Waals surface area contributed by atoms with Crippen molar-refractivity contribution in [1.82, 2.24) is 9.62 Å². The van der Waals surface area contributed by atoms with Gasteiger partial charge in [0.15, 0.2) is 5.78 Å². The second-order valence-electron chi connectivity index (χ2n) is 6.27. The van der Waals surface area contributed by atoms with Gasteiger partial charge in [-0.05, 0) is 37.3 Å². The van der Waals surface area contributed by atoms with Crippen LogP contribution >= 0.6 is 11.3 Å². The SMILES string of the molecule is CC(CCC(=O)N([C@H]1CCCNCC1=O)S(=O)(=O)c1cccs1)C(N)=O. The van der Waals surface area contributed by atoms with Crippen molar-refractivity contribution in [3.63, 3.8) is 0 Å². The highest BCUT2D eigenvalue weighted by atomic mass is 32.2. The molecule has 2 amide bonds. The second kappa shape index (κ2) is 8.74. The lowest BCUT2D eigenvalue weighted by Gasteiger charge is -2.29. The van der Waals surface area contributed by atoms with Gasteiger partial charge in [0.2, 0.25) is 11.8 Å². The summed E-state index contributed by atoms with van der Waals surface area (Å²) in [6.45, 7) is 2.18. The van der Waals surface area contributed by atoms with Crippen molar-refractivity contribution >= 4 is 39.0 Å². The van der Waals surface area contributed by atoms with Crippen LogP contribution in [0.25, 0.3) is 0 Å². The Labute approximate surface area is 156 Å². The van der Waals surface area contributed by atoms with E-state index in [1.807, 2.05) is 0 Å². The maximum absolute atomic E-state index is 13.0. The molecule has 0 radical (unpaired) electrons. The molecule has 0 spiro atoms. The minimum atomic E-state index is -4.14. The van der Waals surface area contributed by atoms with Gasteiger partial charge in [0.25, 0.3) is 10.0 Å². The zero-order valence-corrected chi connectivity index (χ0v) is 16.1. The zero-order valence-electron chi connectivity index (χ0n) is 14.5. The van der Waals surface area contributed by atoms with Crippen LogP contribution in [0.3, 0.4) is 0 Å². The lowest BCUT2D eigenvalue weighted by molar-refractivity contribution is -0.134. The predicted octanol–water partition coefficient (Wildman–Crippen LogP) is 0.488. The zero-order chi connectivity index (χ0) is 19.3. The number of Topliss-reactive ketones (excluding diaryl/α,β-unsaturated/α-hetero) is 1. The largest absolute Gasteiger partial charge is 0.369 e. The summed E-state index contributed by atoms with van der Waals surface area (Å²) in [7, 11) is -4.14. The average Bonchev–Trinajstić information content (AvgIpc) is 3.05. The Morgan fingerprint density at radius 3 is 2.81 bits per heavy atom. The number of carbonyl (C=O) groups is 3. The molecule has 26 heavy (non-hydrogen) atoms. The molecule has 2 rings (SSSR count). The van der Waals surface area contributed by atoms with Crippen molar-refractivity contribution in [3.8, 4) is 0 Å². The summed E-state index contributed by atoms with van der Waals surface area (Å²) in [6.07, 6.45) is 0.807. The van der Waals surface area contributed by atoms with Gasteiger partial charge in [-0.15, -0.1) is 11.3 Å². The Bertz CT molecular complexity index is 761. The third-order valence-corrected chi connectivity index (χ3v) is 7.52. The van der Waals surface area contributed by atoms with Gasteiger partial charge in [-0.2, -0.15) is 0 Å². The standard InChI is InChI=1S/C16H23N3O5S2/c1-11(16(17)22)6-7-14(21)19(12-4-2-8-18-10-13(12)20)26(23,24)15-5-3-9-25-15/h3,5,9,11-12,18H,2,4,6-8,10H2,1H3,(H2,17,22)/t11?,12-/m0/s1. The van der Waals surface area contributed by atoms with E-state index >= 15 is 0 Å². The highest BCUT2D eigenvalue weighted by molar-refractivity contribution is 7.91. The van der Waals surface area contributed by atoms with E-state index < -0.39 is 33.8 Å². The molecule has 1 aliphatic heterocycles. The molecule has 0 aliphatic carbocycles. The lowest BCUT2D eigenvalue weighted by atomic mass is 10.0. The van der Waals surface area contributed by atoms with Gasteiger partial charge < -0.3 is 11.1 Å². The third kappa shape index (κ3) is 4.68. The van der Waals surface area contributed by atoms with Gasteiger partial charge >= 0.3 is 0 Å². The van der Waals surface area contributed by atoms with Gasteiger partial charge in [-0.3, -0.25) is 14.4 Å². The Hall–Kier alpha value is -1.78. The molecule has 2 heterocycles. The van der Waals surface area contributed by atoms with E-state index in [0.29, 0.717) is 13.0 Å². The quantitative estimate of drug-likeness (QED) is 0.684. The molecular weight excluding hydrogens is 378 g/mol.